The fraction of sp³-hybridized carbons (Fsp3) is 0.714. The van der Waals surface area contributed by atoms with Crippen LogP contribution in [-0.4, -0.2) is 23.5 Å². The van der Waals surface area contributed by atoms with Gasteiger partial charge in [0.2, 0.25) is 0 Å². The van der Waals surface area contributed by atoms with Crippen molar-refractivity contribution in [1.29, 1.82) is 0 Å². The number of carboxylic acids is 1. The SMILES string of the molecule is CCCCCCCCCC=CC(=O)NNCC(=O)O. The van der Waals surface area contributed by atoms with Crippen LogP contribution >= 0.6 is 0 Å². The number of nitrogens with one attached hydrogen (secondary N) is 2. The summed E-state index contributed by atoms with van der Waals surface area (Å²) in [4.78, 5) is 21.4. The summed E-state index contributed by atoms with van der Waals surface area (Å²) in [5.41, 5.74) is 4.60. The lowest BCUT2D eigenvalue weighted by molar-refractivity contribution is -0.136. The molecule has 0 aliphatic carbocycles. The predicted molar refractivity (Wildman–Crippen MR) is 75.5 cm³/mol. The van der Waals surface area contributed by atoms with E-state index < -0.39 is 5.97 Å². The van der Waals surface area contributed by atoms with Gasteiger partial charge in [0.25, 0.3) is 5.91 Å². The highest BCUT2D eigenvalue weighted by Gasteiger charge is 1.96. The van der Waals surface area contributed by atoms with E-state index in [0.717, 1.165) is 12.8 Å². The molecule has 0 saturated heterocycles. The summed E-state index contributed by atoms with van der Waals surface area (Å²) in [6, 6.07) is 0. The monoisotopic (exact) mass is 270 g/mol. The fourth-order valence-electron chi connectivity index (χ4n) is 1.66. The molecule has 0 aliphatic rings. The smallest absolute Gasteiger partial charge is 0.319 e. The summed E-state index contributed by atoms with van der Waals surface area (Å²) in [5, 5.41) is 8.35. The standard InChI is InChI=1S/C14H26N2O3/c1-2-3-4-5-6-7-8-9-10-11-13(17)16-15-12-14(18)19/h10-11,15H,2-9,12H2,1H3,(H,16,17)(H,18,19). The molecule has 0 bridgehead atoms. The van der Waals surface area contributed by atoms with Crippen LogP contribution in [0.2, 0.25) is 0 Å². The molecule has 0 aliphatic heterocycles. The Labute approximate surface area is 115 Å². The molecule has 0 radical (unpaired) electrons. The molecule has 0 atom stereocenters. The van der Waals surface area contributed by atoms with E-state index in [1.165, 1.54) is 44.6 Å². The number of carboxylic acid groups (broad SMARTS) is 1. The van der Waals surface area contributed by atoms with E-state index in [-0.39, 0.29) is 12.5 Å². The summed E-state index contributed by atoms with van der Waals surface area (Å²) < 4.78 is 0. The second kappa shape index (κ2) is 13.1. The minimum absolute atomic E-state index is 0.280. The Morgan fingerprint density at radius 2 is 1.68 bits per heavy atom. The molecule has 0 aromatic heterocycles. The number of aliphatic carboxylic acids is 1. The molecule has 0 saturated carbocycles. The number of rotatable bonds is 12. The lowest BCUT2D eigenvalue weighted by Gasteiger charge is -2.01. The summed E-state index contributed by atoms with van der Waals surface area (Å²) in [5.74, 6) is -1.32. The van der Waals surface area contributed by atoms with Gasteiger partial charge in [-0.25, -0.2) is 5.43 Å². The molecule has 0 aromatic carbocycles. The Bertz CT molecular complexity index is 278. The Morgan fingerprint density at radius 3 is 2.32 bits per heavy atom. The van der Waals surface area contributed by atoms with Gasteiger partial charge in [-0.3, -0.25) is 15.0 Å². The van der Waals surface area contributed by atoms with Gasteiger partial charge in [-0.1, -0.05) is 51.5 Å². The maximum Gasteiger partial charge on any atom is 0.319 e. The number of carbonyl (C=O) groups excluding carboxylic acids is 1. The molecule has 0 rings (SSSR count). The molecule has 0 aromatic rings. The van der Waals surface area contributed by atoms with E-state index in [9.17, 15) is 9.59 Å². The van der Waals surface area contributed by atoms with Crippen LogP contribution in [0, 0.1) is 0 Å². The van der Waals surface area contributed by atoms with Crippen LogP contribution in [0.3, 0.4) is 0 Å². The number of hydrazine groups is 1. The highest BCUT2D eigenvalue weighted by molar-refractivity contribution is 5.87. The lowest BCUT2D eigenvalue weighted by Crippen LogP contribution is -2.39. The number of carbonyl (C=O) groups is 2. The highest BCUT2D eigenvalue weighted by atomic mass is 16.4. The molecule has 110 valence electrons. The molecule has 5 heteroatoms. The summed E-state index contributed by atoms with van der Waals surface area (Å²) in [7, 11) is 0. The highest BCUT2D eigenvalue weighted by Crippen LogP contribution is 2.08. The predicted octanol–water partition coefficient (Wildman–Crippen LogP) is 2.39. The Balaban J connectivity index is 3.32. The van der Waals surface area contributed by atoms with Crippen molar-refractivity contribution in [2.75, 3.05) is 6.54 Å². The Morgan fingerprint density at radius 1 is 1.05 bits per heavy atom. The fourth-order valence-corrected chi connectivity index (χ4v) is 1.66. The zero-order valence-electron chi connectivity index (χ0n) is 11.8. The van der Waals surface area contributed by atoms with Crippen molar-refractivity contribution in [3.8, 4) is 0 Å². The van der Waals surface area contributed by atoms with Gasteiger partial charge < -0.3 is 5.11 Å². The third kappa shape index (κ3) is 14.6. The third-order valence-corrected chi connectivity index (χ3v) is 2.69. The maximum atomic E-state index is 11.2. The number of hydrogen-bond donors (Lipinski definition) is 3. The summed E-state index contributed by atoms with van der Waals surface area (Å²) in [6.07, 6.45) is 12.9. The molecule has 5 nitrogen and oxygen atoms in total. The van der Waals surface area contributed by atoms with E-state index in [0.29, 0.717) is 0 Å². The number of unbranched alkanes of at least 4 members (excludes halogenated alkanes) is 7. The first-order valence-corrected chi connectivity index (χ1v) is 7.08. The lowest BCUT2D eigenvalue weighted by atomic mass is 10.1. The van der Waals surface area contributed by atoms with Crippen molar-refractivity contribution in [2.45, 2.75) is 58.3 Å². The first kappa shape index (κ1) is 17.6. The van der Waals surface area contributed by atoms with Crippen molar-refractivity contribution < 1.29 is 14.7 Å². The minimum atomic E-state index is -1.01. The summed E-state index contributed by atoms with van der Waals surface area (Å²) >= 11 is 0. The van der Waals surface area contributed by atoms with Crippen LogP contribution in [0.5, 0.6) is 0 Å². The molecule has 0 heterocycles. The molecular weight excluding hydrogens is 244 g/mol. The zero-order chi connectivity index (χ0) is 14.3. The number of allylic oxidation sites excluding steroid dienone is 1. The van der Waals surface area contributed by atoms with E-state index in [2.05, 4.69) is 17.8 Å². The number of amides is 1. The minimum Gasteiger partial charge on any atom is -0.480 e. The maximum absolute atomic E-state index is 11.2. The third-order valence-electron chi connectivity index (χ3n) is 2.69. The first-order chi connectivity index (χ1) is 9.16. The second-order valence-electron chi connectivity index (χ2n) is 4.55. The molecule has 0 fully saturated rings. The van der Waals surface area contributed by atoms with Crippen LogP contribution in [0.4, 0.5) is 0 Å². The molecule has 3 N–H and O–H groups in total. The van der Waals surface area contributed by atoms with Gasteiger partial charge in [0.1, 0.15) is 6.54 Å². The molecule has 19 heavy (non-hydrogen) atoms. The Hall–Kier alpha value is -1.36. The number of hydrogen-bond acceptors (Lipinski definition) is 3. The van der Waals surface area contributed by atoms with Crippen molar-refractivity contribution in [3.63, 3.8) is 0 Å². The van der Waals surface area contributed by atoms with Gasteiger partial charge in [-0.2, -0.15) is 0 Å². The normalized spacial score (nSPS) is 10.8. The Kier molecular flexibility index (Phi) is 12.1. The van der Waals surface area contributed by atoms with Gasteiger partial charge in [0.05, 0.1) is 0 Å². The largest absolute Gasteiger partial charge is 0.480 e. The van der Waals surface area contributed by atoms with Crippen molar-refractivity contribution in [1.82, 2.24) is 10.9 Å². The van der Waals surface area contributed by atoms with Crippen LogP contribution in [0.1, 0.15) is 58.3 Å². The van der Waals surface area contributed by atoms with Gasteiger partial charge in [0, 0.05) is 6.08 Å². The first-order valence-electron chi connectivity index (χ1n) is 7.08. The van der Waals surface area contributed by atoms with Gasteiger partial charge in [0.15, 0.2) is 0 Å². The molecular formula is C14H26N2O3. The zero-order valence-corrected chi connectivity index (χ0v) is 11.8. The van der Waals surface area contributed by atoms with Gasteiger partial charge in [-0.15, -0.1) is 0 Å². The van der Waals surface area contributed by atoms with Crippen molar-refractivity contribution in [2.24, 2.45) is 0 Å². The second-order valence-corrected chi connectivity index (χ2v) is 4.55. The topological polar surface area (TPSA) is 78.4 Å². The van der Waals surface area contributed by atoms with Gasteiger partial charge >= 0.3 is 5.97 Å². The van der Waals surface area contributed by atoms with Crippen LogP contribution in [0.15, 0.2) is 12.2 Å². The van der Waals surface area contributed by atoms with E-state index in [4.69, 9.17) is 5.11 Å². The van der Waals surface area contributed by atoms with Crippen LogP contribution < -0.4 is 10.9 Å². The van der Waals surface area contributed by atoms with Crippen LogP contribution in [0.25, 0.3) is 0 Å². The average molecular weight is 270 g/mol. The molecule has 0 spiro atoms. The van der Waals surface area contributed by atoms with Crippen LogP contribution in [-0.2, 0) is 9.59 Å². The van der Waals surface area contributed by atoms with Crippen molar-refractivity contribution >= 4 is 11.9 Å². The van der Waals surface area contributed by atoms with Crippen molar-refractivity contribution in [3.05, 3.63) is 12.2 Å². The van der Waals surface area contributed by atoms with E-state index in [1.54, 1.807) is 0 Å². The van der Waals surface area contributed by atoms with Gasteiger partial charge in [-0.05, 0) is 12.8 Å². The molecule has 0 unspecified atom stereocenters. The average Bonchev–Trinajstić information content (AvgIpc) is 2.36. The summed E-state index contributed by atoms with van der Waals surface area (Å²) in [6.45, 7) is 1.93. The molecule has 1 amide bonds. The van der Waals surface area contributed by atoms with E-state index in [1.807, 2.05) is 6.08 Å². The van der Waals surface area contributed by atoms with E-state index >= 15 is 0 Å². The quantitative estimate of drug-likeness (QED) is 0.289.